The number of hydrazine groups is 1. The van der Waals surface area contributed by atoms with Crippen LogP contribution in [0.3, 0.4) is 0 Å². The van der Waals surface area contributed by atoms with Crippen LogP contribution < -0.4 is 10.7 Å². The Bertz CT molecular complexity index is 716. The van der Waals surface area contributed by atoms with E-state index in [0.717, 1.165) is 22.9 Å². The fraction of sp³-hybridized carbons (Fsp3) is 0.333. The Morgan fingerprint density at radius 1 is 1.24 bits per heavy atom. The molecule has 1 unspecified atom stereocenters. The summed E-state index contributed by atoms with van der Waals surface area (Å²) < 4.78 is 2.08. The lowest BCUT2D eigenvalue weighted by molar-refractivity contribution is 0.181. The fourth-order valence-corrected chi connectivity index (χ4v) is 2.91. The van der Waals surface area contributed by atoms with Gasteiger partial charge in [0.25, 0.3) is 0 Å². The summed E-state index contributed by atoms with van der Waals surface area (Å²) in [5.74, 6) is 2.28. The van der Waals surface area contributed by atoms with Crippen LogP contribution in [0.15, 0.2) is 41.8 Å². The van der Waals surface area contributed by atoms with Crippen molar-refractivity contribution in [2.24, 2.45) is 16.6 Å². The molecule has 1 aromatic heterocycles. The second kappa shape index (κ2) is 4.41. The molecule has 6 heteroatoms. The topological polar surface area (TPSA) is 62.7 Å². The fourth-order valence-electron chi connectivity index (χ4n) is 2.91. The maximum atomic E-state index is 6.36. The molecule has 0 radical (unpaired) electrons. The van der Waals surface area contributed by atoms with Gasteiger partial charge >= 0.3 is 0 Å². The van der Waals surface area contributed by atoms with E-state index in [-0.39, 0.29) is 6.17 Å². The van der Waals surface area contributed by atoms with Gasteiger partial charge in [-0.15, -0.1) is 0 Å². The van der Waals surface area contributed by atoms with E-state index in [1.807, 2.05) is 24.7 Å². The molecule has 21 heavy (non-hydrogen) atoms. The highest BCUT2D eigenvalue weighted by atomic mass is 15.7. The zero-order valence-electron chi connectivity index (χ0n) is 12.1. The summed E-state index contributed by atoms with van der Waals surface area (Å²) in [5.41, 5.74) is 8.58. The van der Waals surface area contributed by atoms with Gasteiger partial charge in [0.1, 0.15) is 13.0 Å². The van der Waals surface area contributed by atoms with Crippen molar-refractivity contribution in [3.8, 4) is 5.69 Å². The second-order valence-corrected chi connectivity index (χ2v) is 5.75. The molecule has 0 aliphatic carbocycles. The molecule has 0 bridgehead atoms. The highest BCUT2D eigenvalue weighted by molar-refractivity contribution is 6.14. The first-order valence-electron chi connectivity index (χ1n) is 7.17. The monoisotopic (exact) mass is 282 g/mol. The zero-order chi connectivity index (χ0) is 14.6. The Hall–Kier alpha value is -2.18. The van der Waals surface area contributed by atoms with Crippen LogP contribution in [0.25, 0.3) is 5.69 Å². The number of amidine groups is 1. The highest BCUT2D eigenvalue weighted by Crippen LogP contribution is 2.34. The molecule has 4 rings (SSSR count). The van der Waals surface area contributed by atoms with Crippen molar-refractivity contribution < 1.29 is 0 Å². The molecule has 0 spiro atoms. The van der Waals surface area contributed by atoms with E-state index in [1.54, 1.807) is 0 Å². The van der Waals surface area contributed by atoms with Crippen molar-refractivity contribution in [3.63, 3.8) is 0 Å². The standard InChI is InChI=1S/C15H18N6/c1-10(2)14(16)20-9-18-15-11-5-3-4-6-12(11)19-8-17-7-13(19)21(15)20/h3-8,10,14H,9,16H2,1-2H3. The number of aliphatic imine (C=N–C) groups is 1. The second-order valence-electron chi connectivity index (χ2n) is 5.75. The Morgan fingerprint density at radius 3 is 2.86 bits per heavy atom. The van der Waals surface area contributed by atoms with Gasteiger partial charge in [0, 0.05) is 5.56 Å². The minimum absolute atomic E-state index is 0.0835. The molecule has 2 aliphatic rings. The summed E-state index contributed by atoms with van der Waals surface area (Å²) >= 11 is 0. The number of aromatic nitrogens is 2. The van der Waals surface area contributed by atoms with Gasteiger partial charge in [-0.2, -0.15) is 5.01 Å². The summed E-state index contributed by atoms with van der Waals surface area (Å²) in [6.45, 7) is 4.82. The van der Waals surface area contributed by atoms with Crippen molar-refractivity contribution in [2.45, 2.75) is 20.0 Å². The van der Waals surface area contributed by atoms with Crippen LogP contribution >= 0.6 is 0 Å². The van der Waals surface area contributed by atoms with Gasteiger partial charge < -0.3 is 5.73 Å². The number of para-hydroxylation sites is 1. The van der Waals surface area contributed by atoms with Crippen molar-refractivity contribution in [2.75, 3.05) is 11.7 Å². The van der Waals surface area contributed by atoms with Crippen molar-refractivity contribution in [1.29, 1.82) is 0 Å². The molecular formula is C15H18N6. The maximum Gasteiger partial charge on any atom is 0.155 e. The molecule has 1 aromatic carbocycles. The summed E-state index contributed by atoms with van der Waals surface area (Å²) in [4.78, 5) is 9.01. The van der Waals surface area contributed by atoms with Crippen LogP contribution in [0, 0.1) is 5.92 Å². The number of anilines is 1. The van der Waals surface area contributed by atoms with Gasteiger partial charge in [0.2, 0.25) is 0 Å². The Kier molecular flexibility index (Phi) is 2.63. The summed E-state index contributed by atoms with van der Waals surface area (Å²) in [5, 5.41) is 4.20. The molecule has 2 aromatic rings. The lowest BCUT2D eigenvalue weighted by Gasteiger charge is -2.38. The Labute approximate surface area is 123 Å². The van der Waals surface area contributed by atoms with Gasteiger partial charge in [-0.25, -0.2) is 15.0 Å². The van der Waals surface area contributed by atoms with E-state index in [4.69, 9.17) is 10.7 Å². The van der Waals surface area contributed by atoms with Crippen LogP contribution in [0.2, 0.25) is 0 Å². The Balaban J connectivity index is 1.87. The summed E-state index contributed by atoms with van der Waals surface area (Å²) in [6, 6.07) is 8.25. The molecule has 0 saturated heterocycles. The van der Waals surface area contributed by atoms with Crippen LogP contribution in [-0.4, -0.2) is 33.2 Å². The molecule has 0 saturated carbocycles. The molecule has 108 valence electrons. The average Bonchev–Trinajstić information content (AvgIpc) is 3.13. The van der Waals surface area contributed by atoms with Crippen molar-refractivity contribution in [3.05, 3.63) is 42.4 Å². The van der Waals surface area contributed by atoms with Gasteiger partial charge in [-0.3, -0.25) is 4.57 Å². The minimum Gasteiger partial charge on any atom is -0.314 e. The number of benzene rings is 1. The van der Waals surface area contributed by atoms with Crippen LogP contribution in [0.1, 0.15) is 19.4 Å². The molecule has 0 amide bonds. The highest BCUT2D eigenvalue weighted by Gasteiger charge is 2.38. The molecule has 6 nitrogen and oxygen atoms in total. The van der Waals surface area contributed by atoms with Crippen LogP contribution in [0.4, 0.5) is 5.82 Å². The SMILES string of the molecule is CC(C)C(N)N1CN=C2c3ccccc3-n3cncc3N21. The molecule has 2 aliphatic heterocycles. The van der Waals surface area contributed by atoms with Gasteiger partial charge in [-0.1, -0.05) is 26.0 Å². The number of nitrogens with zero attached hydrogens (tertiary/aromatic N) is 5. The van der Waals surface area contributed by atoms with Crippen molar-refractivity contribution in [1.82, 2.24) is 14.6 Å². The maximum absolute atomic E-state index is 6.36. The van der Waals surface area contributed by atoms with E-state index in [2.05, 4.69) is 45.5 Å². The lowest BCUT2D eigenvalue weighted by Crippen LogP contribution is -2.55. The minimum atomic E-state index is -0.0835. The van der Waals surface area contributed by atoms with Crippen molar-refractivity contribution >= 4 is 11.7 Å². The predicted octanol–water partition coefficient (Wildman–Crippen LogP) is 1.57. The summed E-state index contributed by atoms with van der Waals surface area (Å²) in [6.07, 6.45) is 3.61. The van der Waals surface area contributed by atoms with E-state index < -0.39 is 0 Å². The first kappa shape index (κ1) is 12.6. The van der Waals surface area contributed by atoms with Crippen LogP contribution in [-0.2, 0) is 0 Å². The van der Waals surface area contributed by atoms with E-state index >= 15 is 0 Å². The zero-order valence-corrected chi connectivity index (χ0v) is 12.1. The normalized spacial score (nSPS) is 18.3. The first-order chi connectivity index (χ1) is 10.2. The molecular weight excluding hydrogens is 264 g/mol. The Morgan fingerprint density at radius 2 is 2.05 bits per heavy atom. The van der Waals surface area contributed by atoms with Gasteiger partial charge in [0.15, 0.2) is 11.7 Å². The molecule has 0 fully saturated rings. The third-order valence-electron chi connectivity index (χ3n) is 4.09. The number of rotatable bonds is 2. The number of fused-ring (bicyclic) bond motifs is 6. The average molecular weight is 282 g/mol. The predicted molar refractivity (Wildman–Crippen MR) is 82.1 cm³/mol. The largest absolute Gasteiger partial charge is 0.314 e. The lowest BCUT2D eigenvalue weighted by atomic mass is 10.1. The van der Waals surface area contributed by atoms with E-state index in [9.17, 15) is 0 Å². The van der Waals surface area contributed by atoms with E-state index in [0.29, 0.717) is 12.6 Å². The van der Waals surface area contributed by atoms with Gasteiger partial charge in [0.05, 0.1) is 18.1 Å². The smallest absolute Gasteiger partial charge is 0.155 e. The third kappa shape index (κ3) is 1.66. The van der Waals surface area contributed by atoms with E-state index in [1.165, 1.54) is 0 Å². The number of hydrogen-bond acceptors (Lipinski definition) is 5. The molecule has 1 atom stereocenters. The number of nitrogens with two attached hydrogens (primary N) is 1. The molecule has 2 N–H and O–H groups in total. The number of imidazole rings is 1. The first-order valence-corrected chi connectivity index (χ1v) is 7.17. The molecule has 3 heterocycles. The third-order valence-corrected chi connectivity index (χ3v) is 4.09. The van der Waals surface area contributed by atoms with Crippen LogP contribution in [0.5, 0.6) is 0 Å². The number of hydrogen-bond donors (Lipinski definition) is 1. The quantitative estimate of drug-likeness (QED) is 0.908. The summed E-state index contributed by atoms with van der Waals surface area (Å²) in [7, 11) is 0. The van der Waals surface area contributed by atoms with Gasteiger partial charge in [-0.05, 0) is 18.1 Å².